The predicted octanol–water partition coefficient (Wildman–Crippen LogP) is 4.80. The molecule has 0 bridgehead atoms. The Hall–Kier alpha value is -1.51. The molecule has 0 saturated heterocycles. The third kappa shape index (κ3) is 4.76. The number of carbonyl (C=O) groups excluding carboxylic acids is 1. The highest BCUT2D eigenvalue weighted by Crippen LogP contribution is 2.18. The van der Waals surface area contributed by atoms with Crippen LogP contribution in [-0.2, 0) is 11.2 Å². The van der Waals surface area contributed by atoms with Crippen molar-refractivity contribution >= 4 is 29.1 Å². The maximum atomic E-state index is 12.0. The van der Waals surface area contributed by atoms with E-state index in [1.807, 2.05) is 55.5 Å². The van der Waals surface area contributed by atoms with Gasteiger partial charge in [0.1, 0.15) is 0 Å². The average molecular weight is 322 g/mol. The van der Waals surface area contributed by atoms with E-state index in [4.69, 9.17) is 23.2 Å². The van der Waals surface area contributed by atoms with E-state index in [2.05, 4.69) is 5.32 Å². The number of benzene rings is 2. The van der Waals surface area contributed by atoms with E-state index >= 15 is 0 Å². The second-order valence-corrected chi connectivity index (χ2v) is 5.78. The van der Waals surface area contributed by atoms with Crippen LogP contribution >= 0.6 is 23.2 Å². The Morgan fingerprint density at radius 2 is 1.76 bits per heavy atom. The Bertz CT molecular complexity index is 610. The van der Waals surface area contributed by atoms with Crippen LogP contribution in [0.2, 0.25) is 10.0 Å². The van der Waals surface area contributed by atoms with Crippen LogP contribution in [0, 0.1) is 0 Å². The molecule has 4 heteroatoms. The summed E-state index contributed by atoms with van der Waals surface area (Å²) < 4.78 is 0. The van der Waals surface area contributed by atoms with Crippen LogP contribution in [0.3, 0.4) is 0 Å². The Labute approximate surface area is 135 Å². The van der Waals surface area contributed by atoms with Crippen molar-refractivity contribution in [2.75, 3.05) is 0 Å². The quantitative estimate of drug-likeness (QED) is 0.841. The molecule has 0 radical (unpaired) electrons. The first-order valence-corrected chi connectivity index (χ1v) is 7.60. The van der Waals surface area contributed by atoms with E-state index in [-0.39, 0.29) is 11.9 Å². The van der Waals surface area contributed by atoms with Gasteiger partial charge in [0, 0.05) is 16.5 Å². The van der Waals surface area contributed by atoms with E-state index < -0.39 is 0 Å². The highest BCUT2D eigenvalue weighted by molar-refractivity contribution is 6.31. The van der Waals surface area contributed by atoms with E-state index in [1.165, 1.54) is 0 Å². The van der Waals surface area contributed by atoms with Crippen LogP contribution in [0.1, 0.15) is 30.5 Å². The minimum Gasteiger partial charge on any atom is -0.350 e. The zero-order valence-corrected chi connectivity index (χ0v) is 13.3. The van der Waals surface area contributed by atoms with Crippen LogP contribution in [-0.4, -0.2) is 5.91 Å². The van der Waals surface area contributed by atoms with Crippen LogP contribution in [0.15, 0.2) is 48.5 Å². The van der Waals surface area contributed by atoms with Crippen molar-refractivity contribution in [3.63, 3.8) is 0 Å². The fraction of sp³-hybridized carbons (Fsp3) is 0.235. The SMILES string of the molecule is CC(NC(=O)CCc1ccccc1Cl)c1ccc(Cl)cc1. The van der Waals surface area contributed by atoms with E-state index in [0.29, 0.717) is 22.9 Å². The van der Waals surface area contributed by atoms with Gasteiger partial charge in [0.25, 0.3) is 0 Å². The number of aryl methyl sites for hydroxylation is 1. The van der Waals surface area contributed by atoms with Gasteiger partial charge in [0.05, 0.1) is 6.04 Å². The first kappa shape index (κ1) is 15.9. The van der Waals surface area contributed by atoms with Crippen molar-refractivity contribution in [3.8, 4) is 0 Å². The lowest BCUT2D eigenvalue weighted by atomic mass is 10.1. The van der Waals surface area contributed by atoms with Gasteiger partial charge in [-0.15, -0.1) is 0 Å². The lowest BCUT2D eigenvalue weighted by Gasteiger charge is -2.14. The minimum atomic E-state index is -0.0407. The molecule has 2 aromatic rings. The van der Waals surface area contributed by atoms with E-state index in [1.54, 1.807) is 0 Å². The number of hydrogen-bond donors (Lipinski definition) is 1. The maximum absolute atomic E-state index is 12.0. The smallest absolute Gasteiger partial charge is 0.220 e. The molecule has 0 aliphatic heterocycles. The van der Waals surface area contributed by atoms with Gasteiger partial charge < -0.3 is 5.32 Å². The van der Waals surface area contributed by atoms with Crippen molar-refractivity contribution in [2.24, 2.45) is 0 Å². The summed E-state index contributed by atoms with van der Waals surface area (Å²) in [6.07, 6.45) is 1.06. The summed E-state index contributed by atoms with van der Waals surface area (Å²) in [6.45, 7) is 1.95. The van der Waals surface area contributed by atoms with Gasteiger partial charge in [0.2, 0.25) is 5.91 Å². The number of rotatable bonds is 5. The molecule has 0 fully saturated rings. The van der Waals surface area contributed by atoms with Crippen molar-refractivity contribution < 1.29 is 4.79 Å². The summed E-state index contributed by atoms with van der Waals surface area (Å²) in [5.41, 5.74) is 2.03. The molecule has 0 aromatic heterocycles. The Balaban J connectivity index is 1.87. The van der Waals surface area contributed by atoms with Gasteiger partial charge in [-0.05, 0) is 42.7 Å². The Kier molecular flexibility index (Phi) is 5.66. The lowest BCUT2D eigenvalue weighted by molar-refractivity contribution is -0.121. The highest BCUT2D eigenvalue weighted by atomic mass is 35.5. The van der Waals surface area contributed by atoms with Gasteiger partial charge in [-0.2, -0.15) is 0 Å². The second-order valence-electron chi connectivity index (χ2n) is 4.93. The van der Waals surface area contributed by atoms with Crippen LogP contribution in [0.25, 0.3) is 0 Å². The van der Waals surface area contributed by atoms with Gasteiger partial charge in [-0.25, -0.2) is 0 Å². The summed E-state index contributed by atoms with van der Waals surface area (Å²) in [5.74, 6) is 0.0115. The summed E-state index contributed by atoms with van der Waals surface area (Å²) in [4.78, 5) is 12.0. The van der Waals surface area contributed by atoms with Crippen LogP contribution in [0.5, 0.6) is 0 Å². The molecule has 1 N–H and O–H groups in total. The second kappa shape index (κ2) is 7.48. The van der Waals surface area contributed by atoms with Crippen molar-refractivity contribution in [1.82, 2.24) is 5.32 Å². The summed E-state index contributed by atoms with van der Waals surface area (Å²) in [5, 5.41) is 4.38. The van der Waals surface area contributed by atoms with Crippen molar-refractivity contribution in [1.29, 1.82) is 0 Å². The number of nitrogens with one attached hydrogen (secondary N) is 1. The zero-order chi connectivity index (χ0) is 15.2. The van der Waals surface area contributed by atoms with Crippen LogP contribution in [0.4, 0.5) is 0 Å². The number of hydrogen-bond acceptors (Lipinski definition) is 1. The molecule has 1 unspecified atom stereocenters. The zero-order valence-electron chi connectivity index (χ0n) is 11.8. The largest absolute Gasteiger partial charge is 0.350 e. The van der Waals surface area contributed by atoms with Gasteiger partial charge in [-0.3, -0.25) is 4.79 Å². The minimum absolute atomic E-state index is 0.0115. The fourth-order valence-electron chi connectivity index (χ4n) is 2.10. The Morgan fingerprint density at radius 1 is 1.10 bits per heavy atom. The molecular formula is C17H17Cl2NO. The molecule has 2 nitrogen and oxygen atoms in total. The van der Waals surface area contributed by atoms with Gasteiger partial charge in [0.15, 0.2) is 0 Å². The highest BCUT2D eigenvalue weighted by Gasteiger charge is 2.10. The van der Waals surface area contributed by atoms with E-state index in [9.17, 15) is 4.79 Å². The van der Waals surface area contributed by atoms with Crippen molar-refractivity contribution in [2.45, 2.75) is 25.8 Å². The molecule has 1 amide bonds. The first-order valence-electron chi connectivity index (χ1n) is 6.84. The van der Waals surface area contributed by atoms with Crippen LogP contribution < -0.4 is 5.32 Å². The average Bonchev–Trinajstić information content (AvgIpc) is 2.47. The lowest BCUT2D eigenvalue weighted by Crippen LogP contribution is -2.26. The third-order valence-electron chi connectivity index (χ3n) is 3.33. The molecule has 0 aliphatic rings. The topological polar surface area (TPSA) is 29.1 Å². The Morgan fingerprint density at radius 3 is 2.43 bits per heavy atom. The summed E-state index contributed by atoms with van der Waals surface area (Å²) in [7, 11) is 0. The number of amides is 1. The number of halogens is 2. The third-order valence-corrected chi connectivity index (χ3v) is 3.95. The molecule has 0 spiro atoms. The normalized spacial score (nSPS) is 12.0. The molecular weight excluding hydrogens is 305 g/mol. The van der Waals surface area contributed by atoms with Crippen molar-refractivity contribution in [3.05, 3.63) is 69.7 Å². The molecule has 1 atom stereocenters. The molecule has 110 valence electrons. The molecule has 2 aromatic carbocycles. The molecule has 0 saturated carbocycles. The number of carbonyl (C=O) groups is 1. The van der Waals surface area contributed by atoms with Gasteiger partial charge >= 0.3 is 0 Å². The maximum Gasteiger partial charge on any atom is 0.220 e. The molecule has 0 aliphatic carbocycles. The van der Waals surface area contributed by atoms with Gasteiger partial charge in [-0.1, -0.05) is 53.5 Å². The van der Waals surface area contributed by atoms with E-state index in [0.717, 1.165) is 11.1 Å². The molecule has 21 heavy (non-hydrogen) atoms. The summed E-state index contributed by atoms with van der Waals surface area (Å²) in [6, 6.07) is 15.0. The molecule has 0 heterocycles. The fourth-order valence-corrected chi connectivity index (χ4v) is 2.45. The predicted molar refractivity (Wildman–Crippen MR) is 87.8 cm³/mol. The molecule has 2 rings (SSSR count). The monoisotopic (exact) mass is 321 g/mol. The summed E-state index contributed by atoms with van der Waals surface area (Å²) >= 11 is 11.9. The standard InChI is InChI=1S/C17H17Cl2NO/c1-12(13-6-9-15(18)10-7-13)20-17(21)11-8-14-4-2-3-5-16(14)19/h2-7,9-10,12H,8,11H2,1H3,(H,20,21). The first-order chi connectivity index (χ1) is 10.1.